The number of nitrogens with zero attached hydrogens (tertiary/aromatic N) is 2. The zero-order chi connectivity index (χ0) is 35.2. The van der Waals surface area contributed by atoms with E-state index in [4.69, 9.17) is 0 Å². The summed E-state index contributed by atoms with van der Waals surface area (Å²) in [4.78, 5) is 6.08. The average molecular weight is 765 g/mol. The normalized spacial score (nSPS) is 12.6. The molecule has 9 heteroatoms. The van der Waals surface area contributed by atoms with E-state index in [9.17, 15) is 0 Å². The molecule has 9 aromatic rings. The second kappa shape index (κ2) is 12.5. The fourth-order valence-corrected chi connectivity index (χ4v) is 12.8. The van der Waals surface area contributed by atoms with Gasteiger partial charge in [0, 0.05) is 49.4 Å². The van der Waals surface area contributed by atoms with E-state index in [1.807, 2.05) is 35.6 Å². The molecule has 0 spiro atoms. The number of fused-ring (bicyclic) bond motifs is 8. The molecule has 9 rings (SSSR count). The van der Waals surface area contributed by atoms with E-state index in [2.05, 4.69) is 91.9 Å². The molecule has 0 saturated carbocycles. The third-order valence-electron chi connectivity index (χ3n) is 10.7. The molecule has 5 heterocycles. The van der Waals surface area contributed by atoms with Crippen molar-refractivity contribution in [2.45, 2.75) is 65.2 Å². The minimum absolute atomic E-state index is 0.154. The number of halogens is 2. The number of hydrogen-bond donors (Lipinski definition) is 0. The van der Waals surface area contributed by atoms with Crippen molar-refractivity contribution in [3.05, 3.63) is 94.2 Å². The van der Waals surface area contributed by atoms with Crippen LogP contribution in [-0.2, 0) is 5.41 Å². The summed E-state index contributed by atoms with van der Waals surface area (Å²) in [6.45, 7) is 11.2. The molecule has 4 aromatic carbocycles. The van der Waals surface area contributed by atoms with Crippen LogP contribution in [0.3, 0.4) is 0 Å². The van der Waals surface area contributed by atoms with E-state index in [-0.39, 0.29) is 16.5 Å². The summed E-state index contributed by atoms with van der Waals surface area (Å²) in [5, 5.41) is 7.55. The molecular formula is C42H34F2N2S5. The van der Waals surface area contributed by atoms with Crippen LogP contribution < -0.4 is 0 Å². The van der Waals surface area contributed by atoms with Crippen LogP contribution >= 0.6 is 57.1 Å². The van der Waals surface area contributed by atoms with Crippen LogP contribution in [0.4, 0.5) is 8.78 Å². The van der Waals surface area contributed by atoms with Gasteiger partial charge in [0.15, 0.2) is 11.6 Å². The summed E-state index contributed by atoms with van der Waals surface area (Å²) in [6, 6.07) is 26.0. The monoisotopic (exact) mass is 764 g/mol. The Morgan fingerprint density at radius 2 is 1.14 bits per heavy atom. The van der Waals surface area contributed by atoms with Gasteiger partial charge in [-0.25, -0.2) is 8.78 Å². The SMILES string of the molecule is CCC(CC)c1ccc(-c2c(F)c(F)c(-c3ccc(-c4cc5ccc6c7ccc8cc(C(C)(C)CC)sc8c7ccc6c5s4)s3)c3nsnc23)s1. The third kappa shape index (κ3) is 5.22. The van der Waals surface area contributed by atoms with Crippen LogP contribution in [-0.4, -0.2) is 8.75 Å². The Morgan fingerprint density at radius 1 is 0.588 bits per heavy atom. The van der Waals surface area contributed by atoms with Crippen LogP contribution in [0.5, 0.6) is 0 Å². The first-order valence-corrected chi connectivity index (χ1v) is 21.4. The maximum absolute atomic E-state index is 16.2. The second-order valence-electron chi connectivity index (χ2n) is 13.9. The molecule has 0 aliphatic rings. The predicted octanol–water partition coefficient (Wildman–Crippen LogP) is 15.4. The standard InChI is InChI=1S/C42H34F2N2S5/c1-6-21(7-2)28-15-17-30(47-28)34-36(43)37(44)35(39-38(34)45-51-46-39)31-18-16-29(48-31)32-19-22-9-11-24-25-12-10-23-20-33(42(4,5)8-3)50-41(23)27(25)14-13-26(24)40(22)49-32/h9-21H,6-8H2,1-5H3. The smallest absolute Gasteiger partial charge is 0.170 e. The van der Waals surface area contributed by atoms with Crippen molar-refractivity contribution in [3.63, 3.8) is 0 Å². The van der Waals surface area contributed by atoms with E-state index in [0.29, 0.717) is 26.7 Å². The van der Waals surface area contributed by atoms with Crippen molar-refractivity contribution in [3.8, 4) is 30.6 Å². The molecular weight excluding hydrogens is 731 g/mol. The Hall–Kier alpha value is -3.60. The zero-order valence-corrected chi connectivity index (χ0v) is 32.9. The Kier molecular flexibility index (Phi) is 8.16. The van der Waals surface area contributed by atoms with Gasteiger partial charge in [0.25, 0.3) is 0 Å². The molecule has 0 aliphatic carbocycles. The lowest BCUT2D eigenvalue weighted by Crippen LogP contribution is -2.12. The molecule has 0 unspecified atom stereocenters. The molecule has 0 amide bonds. The molecule has 51 heavy (non-hydrogen) atoms. The molecule has 0 bridgehead atoms. The molecule has 0 aliphatic heterocycles. The van der Waals surface area contributed by atoms with Crippen molar-refractivity contribution in [1.29, 1.82) is 0 Å². The molecule has 5 aromatic heterocycles. The summed E-state index contributed by atoms with van der Waals surface area (Å²) in [6.07, 6.45) is 3.11. The Labute approximate surface area is 315 Å². The predicted molar refractivity (Wildman–Crippen MR) is 222 cm³/mol. The number of aromatic nitrogens is 2. The maximum Gasteiger partial charge on any atom is 0.170 e. The fourth-order valence-electron chi connectivity index (χ4n) is 7.24. The summed E-state index contributed by atoms with van der Waals surface area (Å²) in [5.74, 6) is -1.32. The lowest BCUT2D eigenvalue weighted by Gasteiger charge is -2.20. The van der Waals surface area contributed by atoms with E-state index < -0.39 is 11.6 Å². The summed E-state index contributed by atoms with van der Waals surface area (Å²) in [7, 11) is 0. The number of rotatable bonds is 8. The fraction of sp³-hybridized carbons (Fsp3) is 0.238. The van der Waals surface area contributed by atoms with Gasteiger partial charge < -0.3 is 0 Å². The third-order valence-corrected chi connectivity index (χ3v) is 16.5. The van der Waals surface area contributed by atoms with E-state index in [0.717, 1.165) is 40.7 Å². The van der Waals surface area contributed by atoms with E-state index in [1.165, 1.54) is 74.1 Å². The van der Waals surface area contributed by atoms with Gasteiger partial charge in [-0.1, -0.05) is 71.0 Å². The Bertz CT molecular complexity index is 2790. The molecule has 2 nitrogen and oxygen atoms in total. The lowest BCUT2D eigenvalue weighted by molar-refractivity contribution is 0.516. The van der Waals surface area contributed by atoms with Crippen molar-refractivity contribution >= 4 is 110 Å². The number of thiophene rings is 4. The van der Waals surface area contributed by atoms with E-state index >= 15 is 8.78 Å². The highest BCUT2D eigenvalue weighted by atomic mass is 32.1. The first-order valence-electron chi connectivity index (χ1n) is 17.4. The van der Waals surface area contributed by atoms with Gasteiger partial charge in [-0.15, -0.1) is 45.3 Å². The average Bonchev–Trinajstić information content (AvgIpc) is 3.98. The van der Waals surface area contributed by atoms with Crippen molar-refractivity contribution in [2.75, 3.05) is 0 Å². The lowest BCUT2D eigenvalue weighted by atomic mass is 9.88. The summed E-state index contributed by atoms with van der Waals surface area (Å²) in [5.41, 5.74) is 1.40. The van der Waals surface area contributed by atoms with Crippen molar-refractivity contribution in [2.24, 2.45) is 0 Å². The summed E-state index contributed by atoms with van der Waals surface area (Å²) < 4.78 is 43.8. The van der Waals surface area contributed by atoms with Crippen LogP contribution in [0, 0.1) is 11.6 Å². The van der Waals surface area contributed by atoms with Crippen LogP contribution in [0.25, 0.3) is 83.4 Å². The molecule has 0 atom stereocenters. The minimum atomic E-state index is -0.865. The highest BCUT2D eigenvalue weighted by molar-refractivity contribution is 7.27. The second-order valence-corrected chi connectivity index (χ2v) is 18.7. The van der Waals surface area contributed by atoms with Gasteiger partial charge in [0.05, 0.1) is 22.9 Å². The first-order chi connectivity index (χ1) is 24.7. The van der Waals surface area contributed by atoms with Crippen molar-refractivity contribution < 1.29 is 8.78 Å². The topological polar surface area (TPSA) is 25.8 Å². The van der Waals surface area contributed by atoms with Crippen LogP contribution in [0.15, 0.2) is 72.8 Å². The van der Waals surface area contributed by atoms with E-state index in [1.54, 1.807) is 11.3 Å². The highest BCUT2D eigenvalue weighted by Crippen LogP contribution is 2.48. The minimum Gasteiger partial charge on any atom is -0.203 e. The maximum atomic E-state index is 16.2. The molecule has 0 radical (unpaired) electrons. The highest BCUT2D eigenvalue weighted by Gasteiger charge is 2.28. The van der Waals surface area contributed by atoms with Crippen LogP contribution in [0.2, 0.25) is 0 Å². The molecule has 0 N–H and O–H groups in total. The van der Waals surface area contributed by atoms with Crippen LogP contribution in [0.1, 0.15) is 69.6 Å². The number of benzene rings is 4. The summed E-state index contributed by atoms with van der Waals surface area (Å²) >= 11 is 7.68. The largest absolute Gasteiger partial charge is 0.203 e. The Balaban J connectivity index is 1.11. The first kappa shape index (κ1) is 33.3. The van der Waals surface area contributed by atoms with Gasteiger partial charge in [-0.2, -0.15) is 8.75 Å². The van der Waals surface area contributed by atoms with Gasteiger partial charge in [-0.05, 0) is 88.5 Å². The van der Waals surface area contributed by atoms with Gasteiger partial charge in [-0.3, -0.25) is 0 Å². The van der Waals surface area contributed by atoms with Gasteiger partial charge in [0.1, 0.15) is 11.0 Å². The van der Waals surface area contributed by atoms with Gasteiger partial charge >= 0.3 is 0 Å². The zero-order valence-electron chi connectivity index (χ0n) is 28.8. The molecule has 256 valence electrons. The Morgan fingerprint density at radius 3 is 1.76 bits per heavy atom. The molecule has 0 fully saturated rings. The number of hydrogen-bond acceptors (Lipinski definition) is 7. The van der Waals surface area contributed by atoms with Gasteiger partial charge in [0.2, 0.25) is 0 Å². The molecule has 0 saturated heterocycles. The quantitative estimate of drug-likeness (QED) is 0.144. The van der Waals surface area contributed by atoms with Crippen molar-refractivity contribution in [1.82, 2.24) is 8.75 Å².